The summed E-state index contributed by atoms with van der Waals surface area (Å²) in [5, 5.41) is 2.81. The minimum atomic E-state index is -0.416. The fourth-order valence-electron chi connectivity index (χ4n) is 2.12. The molecule has 0 aromatic heterocycles. The summed E-state index contributed by atoms with van der Waals surface area (Å²) in [5.74, 6) is -0.226. The fraction of sp³-hybridized carbons (Fsp3) is 0.222. The van der Waals surface area contributed by atoms with E-state index in [1.54, 1.807) is 49.4 Å². The van der Waals surface area contributed by atoms with Crippen LogP contribution in [0, 0.1) is 6.92 Å². The number of hydrogen-bond donors (Lipinski definition) is 1. The summed E-state index contributed by atoms with van der Waals surface area (Å²) in [6.07, 6.45) is 0. The molecule has 2 aromatic carbocycles. The van der Waals surface area contributed by atoms with Crippen molar-refractivity contribution in [2.75, 3.05) is 19.0 Å². The molecule has 0 saturated carbocycles. The summed E-state index contributed by atoms with van der Waals surface area (Å²) in [7, 11) is 1.51. The summed E-state index contributed by atoms with van der Waals surface area (Å²) < 4.78 is 10.2. The van der Waals surface area contributed by atoms with E-state index in [1.807, 2.05) is 6.92 Å². The van der Waals surface area contributed by atoms with Crippen LogP contribution in [-0.2, 0) is 4.74 Å². The smallest absolute Gasteiger partial charge is 0.338 e. The Bertz CT molecular complexity index is 725. The van der Waals surface area contributed by atoms with E-state index in [0.29, 0.717) is 29.2 Å². The van der Waals surface area contributed by atoms with Crippen LogP contribution >= 0.6 is 0 Å². The van der Waals surface area contributed by atoms with Crippen molar-refractivity contribution in [2.24, 2.45) is 0 Å². The lowest BCUT2D eigenvalue weighted by Gasteiger charge is -2.12. The van der Waals surface area contributed by atoms with Gasteiger partial charge >= 0.3 is 5.97 Å². The number of hydrogen-bond acceptors (Lipinski definition) is 4. The number of methoxy groups -OCH3 is 1. The molecule has 0 unspecified atom stereocenters. The molecule has 0 aliphatic rings. The van der Waals surface area contributed by atoms with Crippen molar-refractivity contribution in [3.63, 3.8) is 0 Å². The number of carbonyl (C=O) groups excluding carboxylic acids is 2. The summed E-state index contributed by atoms with van der Waals surface area (Å²) in [5.41, 5.74) is 2.23. The number of para-hydroxylation sites is 1. The number of aryl methyl sites for hydroxylation is 1. The van der Waals surface area contributed by atoms with Crippen molar-refractivity contribution in [3.8, 4) is 5.75 Å². The lowest BCUT2D eigenvalue weighted by Crippen LogP contribution is -2.15. The molecule has 1 N–H and O–H groups in total. The van der Waals surface area contributed by atoms with Crippen LogP contribution in [0.1, 0.15) is 33.2 Å². The van der Waals surface area contributed by atoms with Gasteiger partial charge in [-0.05, 0) is 43.7 Å². The van der Waals surface area contributed by atoms with E-state index in [9.17, 15) is 9.59 Å². The number of anilines is 1. The maximum absolute atomic E-state index is 12.4. The predicted molar refractivity (Wildman–Crippen MR) is 88.1 cm³/mol. The first-order valence-electron chi connectivity index (χ1n) is 7.29. The number of nitrogens with one attached hydrogen (secondary N) is 1. The summed E-state index contributed by atoms with van der Waals surface area (Å²) >= 11 is 0. The van der Waals surface area contributed by atoms with Gasteiger partial charge in [-0.15, -0.1) is 0 Å². The molecule has 0 heterocycles. The molecule has 23 heavy (non-hydrogen) atoms. The average Bonchev–Trinajstić information content (AvgIpc) is 2.56. The molecule has 0 saturated heterocycles. The van der Waals surface area contributed by atoms with E-state index < -0.39 is 5.97 Å². The molecule has 0 atom stereocenters. The van der Waals surface area contributed by atoms with Gasteiger partial charge < -0.3 is 14.8 Å². The quantitative estimate of drug-likeness (QED) is 0.859. The van der Waals surface area contributed by atoms with Crippen LogP contribution in [-0.4, -0.2) is 25.6 Å². The monoisotopic (exact) mass is 313 g/mol. The Morgan fingerprint density at radius 1 is 1.13 bits per heavy atom. The van der Waals surface area contributed by atoms with E-state index in [4.69, 9.17) is 9.47 Å². The van der Waals surface area contributed by atoms with Gasteiger partial charge in [-0.3, -0.25) is 4.79 Å². The highest BCUT2D eigenvalue weighted by Crippen LogP contribution is 2.22. The van der Waals surface area contributed by atoms with Crippen molar-refractivity contribution >= 4 is 17.6 Å². The number of amides is 1. The highest BCUT2D eigenvalue weighted by atomic mass is 16.5. The molecular weight excluding hydrogens is 294 g/mol. The normalized spacial score (nSPS) is 10.0. The molecule has 0 spiro atoms. The number of ether oxygens (including phenoxy) is 2. The number of esters is 1. The molecule has 0 bridgehead atoms. The van der Waals surface area contributed by atoms with Crippen molar-refractivity contribution < 1.29 is 19.1 Å². The zero-order valence-electron chi connectivity index (χ0n) is 13.4. The fourth-order valence-corrected chi connectivity index (χ4v) is 2.12. The summed E-state index contributed by atoms with van der Waals surface area (Å²) in [4.78, 5) is 24.3. The van der Waals surface area contributed by atoms with E-state index in [0.717, 1.165) is 5.56 Å². The van der Waals surface area contributed by atoms with Crippen LogP contribution in [0.2, 0.25) is 0 Å². The first-order valence-corrected chi connectivity index (χ1v) is 7.29. The zero-order chi connectivity index (χ0) is 16.8. The molecule has 5 heteroatoms. The standard InChI is InChI=1S/C18H19NO4/c1-4-23-18(21)13-10-9-12(2)15(11-13)19-17(20)14-7-5-6-8-16(14)22-3/h5-11H,4H2,1-3H3,(H,19,20). The van der Waals surface area contributed by atoms with Crippen molar-refractivity contribution in [1.29, 1.82) is 0 Å². The lowest BCUT2D eigenvalue weighted by molar-refractivity contribution is 0.0526. The van der Waals surface area contributed by atoms with Gasteiger partial charge in [0.05, 0.1) is 24.8 Å². The lowest BCUT2D eigenvalue weighted by atomic mass is 10.1. The molecule has 0 aliphatic heterocycles. The largest absolute Gasteiger partial charge is 0.496 e. The number of rotatable bonds is 5. The first kappa shape index (κ1) is 16.5. The van der Waals surface area contributed by atoms with E-state index in [1.165, 1.54) is 7.11 Å². The third-order valence-electron chi connectivity index (χ3n) is 3.35. The molecule has 1 amide bonds. The van der Waals surface area contributed by atoms with Crippen LogP contribution in [0.15, 0.2) is 42.5 Å². The van der Waals surface area contributed by atoms with E-state index in [2.05, 4.69) is 5.32 Å². The molecule has 120 valence electrons. The minimum Gasteiger partial charge on any atom is -0.496 e. The number of carbonyl (C=O) groups is 2. The molecular formula is C18H19NO4. The third-order valence-corrected chi connectivity index (χ3v) is 3.35. The second-order valence-corrected chi connectivity index (χ2v) is 4.90. The SMILES string of the molecule is CCOC(=O)c1ccc(C)c(NC(=O)c2ccccc2OC)c1. The van der Waals surface area contributed by atoms with Gasteiger partial charge in [0.2, 0.25) is 0 Å². The van der Waals surface area contributed by atoms with Gasteiger partial charge in [0, 0.05) is 5.69 Å². The average molecular weight is 313 g/mol. The highest BCUT2D eigenvalue weighted by Gasteiger charge is 2.14. The summed E-state index contributed by atoms with van der Waals surface area (Å²) in [6, 6.07) is 12.0. The van der Waals surface area contributed by atoms with Crippen molar-refractivity contribution in [2.45, 2.75) is 13.8 Å². The molecule has 0 radical (unpaired) electrons. The van der Waals surface area contributed by atoms with Gasteiger partial charge in [-0.25, -0.2) is 4.79 Å². The molecule has 2 rings (SSSR count). The van der Waals surface area contributed by atoms with Gasteiger partial charge in [-0.2, -0.15) is 0 Å². The van der Waals surface area contributed by atoms with Crippen LogP contribution in [0.25, 0.3) is 0 Å². The van der Waals surface area contributed by atoms with Crippen molar-refractivity contribution in [3.05, 3.63) is 59.2 Å². The molecule has 5 nitrogen and oxygen atoms in total. The third kappa shape index (κ3) is 3.88. The Hall–Kier alpha value is -2.82. The molecule has 0 fully saturated rings. The van der Waals surface area contributed by atoms with Gasteiger partial charge in [-0.1, -0.05) is 18.2 Å². The molecule has 0 aliphatic carbocycles. The second-order valence-electron chi connectivity index (χ2n) is 4.90. The van der Waals surface area contributed by atoms with E-state index >= 15 is 0 Å². The Balaban J connectivity index is 2.27. The maximum Gasteiger partial charge on any atom is 0.338 e. The van der Waals surface area contributed by atoms with Gasteiger partial charge in [0.1, 0.15) is 5.75 Å². The number of benzene rings is 2. The topological polar surface area (TPSA) is 64.6 Å². The molecule has 2 aromatic rings. The Labute approximate surface area is 135 Å². The highest BCUT2D eigenvalue weighted by molar-refractivity contribution is 6.07. The van der Waals surface area contributed by atoms with Crippen molar-refractivity contribution in [1.82, 2.24) is 0 Å². The predicted octanol–water partition coefficient (Wildman–Crippen LogP) is 3.43. The Morgan fingerprint density at radius 3 is 2.57 bits per heavy atom. The second kappa shape index (κ2) is 7.45. The summed E-state index contributed by atoms with van der Waals surface area (Å²) in [6.45, 7) is 3.90. The minimum absolute atomic E-state index is 0.299. The van der Waals surface area contributed by atoms with Crippen LogP contribution in [0.5, 0.6) is 5.75 Å². The first-order chi connectivity index (χ1) is 11.1. The van der Waals surface area contributed by atoms with Crippen LogP contribution in [0.4, 0.5) is 5.69 Å². The van der Waals surface area contributed by atoms with Gasteiger partial charge in [0.25, 0.3) is 5.91 Å². The Morgan fingerprint density at radius 2 is 1.87 bits per heavy atom. The zero-order valence-corrected chi connectivity index (χ0v) is 13.4. The van der Waals surface area contributed by atoms with Gasteiger partial charge in [0.15, 0.2) is 0 Å². The maximum atomic E-state index is 12.4. The Kier molecular flexibility index (Phi) is 5.36. The van der Waals surface area contributed by atoms with Crippen LogP contribution < -0.4 is 10.1 Å². The van der Waals surface area contributed by atoms with Crippen LogP contribution in [0.3, 0.4) is 0 Å². The van der Waals surface area contributed by atoms with E-state index in [-0.39, 0.29) is 5.91 Å².